The SMILES string of the molecule is C[C@@H]1[C@H](CO)CCCN1C(=O)OC(C)(C)C.C[C@H]1[C@@H](CO)CCCN1C(=O)OC(C)(C)C. The van der Waals surface area contributed by atoms with Gasteiger partial charge in [-0.2, -0.15) is 0 Å². The average molecular weight is 459 g/mol. The van der Waals surface area contributed by atoms with Crippen molar-refractivity contribution in [3.63, 3.8) is 0 Å². The molecule has 188 valence electrons. The van der Waals surface area contributed by atoms with Crippen molar-refractivity contribution < 1.29 is 29.3 Å². The lowest BCUT2D eigenvalue weighted by molar-refractivity contribution is -0.00392. The smallest absolute Gasteiger partial charge is 0.410 e. The molecule has 2 N–H and O–H groups in total. The highest BCUT2D eigenvalue weighted by Gasteiger charge is 2.34. The van der Waals surface area contributed by atoms with Crippen molar-refractivity contribution in [3.05, 3.63) is 0 Å². The lowest BCUT2D eigenvalue weighted by atomic mass is 9.91. The number of nitrogens with zero attached hydrogens (tertiary/aromatic N) is 2. The van der Waals surface area contributed by atoms with Crippen molar-refractivity contribution in [2.24, 2.45) is 11.8 Å². The van der Waals surface area contributed by atoms with Gasteiger partial charge in [0.15, 0.2) is 0 Å². The minimum atomic E-state index is -0.455. The molecule has 0 radical (unpaired) electrons. The molecule has 2 aliphatic rings. The Labute approximate surface area is 194 Å². The van der Waals surface area contributed by atoms with E-state index in [0.717, 1.165) is 38.8 Å². The Morgan fingerprint density at radius 2 is 1.06 bits per heavy atom. The third-order valence-corrected chi connectivity index (χ3v) is 6.02. The molecule has 0 aromatic heterocycles. The van der Waals surface area contributed by atoms with Gasteiger partial charge < -0.3 is 29.5 Å². The molecule has 2 rings (SSSR count). The lowest BCUT2D eigenvalue weighted by Crippen LogP contribution is -2.49. The molecular weight excluding hydrogens is 412 g/mol. The van der Waals surface area contributed by atoms with E-state index in [0.29, 0.717) is 0 Å². The van der Waals surface area contributed by atoms with Crippen LogP contribution >= 0.6 is 0 Å². The maximum atomic E-state index is 11.9. The Hall–Kier alpha value is -1.54. The number of hydrogen-bond donors (Lipinski definition) is 2. The van der Waals surface area contributed by atoms with Gasteiger partial charge in [-0.1, -0.05) is 0 Å². The maximum absolute atomic E-state index is 11.9. The number of piperidine rings is 2. The summed E-state index contributed by atoms with van der Waals surface area (Å²) in [5.41, 5.74) is -0.911. The molecule has 2 aliphatic heterocycles. The highest BCUT2D eigenvalue weighted by atomic mass is 16.6. The van der Waals surface area contributed by atoms with E-state index in [1.807, 2.05) is 55.4 Å². The molecule has 0 aromatic carbocycles. The third-order valence-electron chi connectivity index (χ3n) is 6.02. The van der Waals surface area contributed by atoms with Gasteiger partial charge in [0.25, 0.3) is 0 Å². The Bertz CT molecular complexity index is 546. The van der Waals surface area contributed by atoms with E-state index in [1.165, 1.54) is 0 Å². The number of hydrogen-bond acceptors (Lipinski definition) is 6. The molecule has 0 aromatic rings. The molecule has 8 heteroatoms. The minimum Gasteiger partial charge on any atom is -0.444 e. The largest absolute Gasteiger partial charge is 0.444 e. The number of aliphatic hydroxyl groups excluding tert-OH is 2. The summed E-state index contributed by atoms with van der Waals surface area (Å²) in [7, 11) is 0. The second-order valence-electron chi connectivity index (χ2n) is 11.0. The summed E-state index contributed by atoms with van der Waals surface area (Å²) < 4.78 is 10.7. The van der Waals surface area contributed by atoms with Crippen LogP contribution in [0.5, 0.6) is 0 Å². The van der Waals surface area contributed by atoms with E-state index < -0.39 is 11.2 Å². The number of amides is 2. The van der Waals surface area contributed by atoms with Crippen LogP contribution in [0.4, 0.5) is 9.59 Å². The molecule has 2 fully saturated rings. The Balaban J connectivity index is 0.000000320. The fourth-order valence-corrected chi connectivity index (χ4v) is 4.09. The first-order valence-corrected chi connectivity index (χ1v) is 11.9. The van der Waals surface area contributed by atoms with Crippen molar-refractivity contribution in [1.29, 1.82) is 0 Å². The molecular formula is C24H46N2O6. The van der Waals surface area contributed by atoms with Gasteiger partial charge in [0.1, 0.15) is 11.2 Å². The van der Waals surface area contributed by atoms with Crippen molar-refractivity contribution in [3.8, 4) is 0 Å². The predicted molar refractivity (Wildman–Crippen MR) is 124 cm³/mol. The normalized spacial score (nSPS) is 26.7. The Kier molecular flexibility index (Phi) is 10.7. The number of rotatable bonds is 2. The predicted octanol–water partition coefficient (Wildman–Crippen LogP) is 4.03. The zero-order valence-electron chi connectivity index (χ0n) is 21.4. The van der Waals surface area contributed by atoms with Crippen LogP contribution in [0.2, 0.25) is 0 Å². The first kappa shape index (κ1) is 28.5. The molecule has 32 heavy (non-hydrogen) atoms. The van der Waals surface area contributed by atoms with Crippen molar-refractivity contribution in [2.45, 2.75) is 104 Å². The average Bonchev–Trinajstić information content (AvgIpc) is 2.66. The molecule has 4 atom stereocenters. The first-order chi connectivity index (χ1) is 14.7. The van der Waals surface area contributed by atoms with Crippen LogP contribution < -0.4 is 0 Å². The van der Waals surface area contributed by atoms with Gasteiger partial charge in [0.2, 0.25) is 0 Å². The second-order valence-corrected chi connectivity index (χ2v) is 11.0. The molecule has 0 bridgehead atoms. The summed E-state index contributed by atoms with van der Waals surface area (Å²) in [5.74, 6) is 0.363. The molecule has 0 spiro atoms. The van der Waals surface area contributed by atoms with E-state index in [2.05, 4.69) is 0 Å². The third kappa shape index (κ3) is 9.14. The lowest BCUT2D eigenvalue weighted by Gasteiger charge is -2.39. The summed E-state index contributed by atoms with van der Waals surface area (Å²) in [6.07, 6.45) is 3.31. The van der Waals surface area contributed by atoms with Gasteiger partial charge >= 0.3 is 12.2 Å². The molecule has 2 heterocycles. The summed E-state index contributed by atoms with van der Waals surface area (Å²) in [6, 6.07) is 0.127. The van der Waals surface area contributed by atoms with Crippen molar-refractivity contribution in [1.82, 2.24) is 9.80 Å². The zero-order valence-corrected chi connectivity index (χ0v) is 21.4. The van der Waals surface area contributed by atoms with Crippen LogP contribution in [0.25, 0.3) is 0 Å². The Morgan fingerprint density at radius 1 is 0.750 bits per heavy atom. The van der Waals surface area contributed by atoms with E-state index in [9.17, 15) is 19.8 Å². The molecule has 2 amide bonds. The van der Waals surface area contributed by atoms with Gasteiger partial charge in [-0.25, -0.2) is 9.59 Å². The van der Waals surface area contributed by atoms with Gasteiger partial charge in [-0.15, -0.1) is 0 Å². The first-order valence-electron chi connectivity index (χ1n) is 11.9. The van der Waals surface area contributed by atoms with Crippen molar-refractivity contribution >= 4 is 12.2 Å². The summed E-state index contributed by atoms with van der Waals surface area (Å²) >= 11 is 0. The van der Waals surface area contributed by atoms with Crippen LogP contribution in [0, 0.1) is 11.8 Å². The summed E-state index contributed by atoms with van der Waals surface area (Å²) in [6.45, 7) is 16.9. The molecule has 0 saturated carbocycles. The van der Waals surface area contributed by atoms with Crippen LogP contribution in [0.15, 0.2) is 0 Å². The van der Waals surface area contributed by atoms with E-state index >= 15 is 0 Å². The van der Waals surface area contributed by atoms with Crippen molar-refractivity contribution in [2.75, 3.05) is 26.3 Å². The van der Waals surface area contributed by atoms with Crippen LogP contribution in [-0.4, -0.2) is 81.8 Å². The highest BCUT2D eigenvalue weighted by molar-refractivity contribution is 5.69. The number of carbonyl (C=O) groups is 2. The van der Waals surface area contributed by atoms with Crippen LogP contribution in [0.3, 0.4) is 0 Å². The quantitative estimate of drug-likeness (QED) is 0.648. The summed E-state index contributed by atoms with van der Waals surface area (Å²) in [5, 5.41) is 18.4. The zero-order chi connectivity index (χ0) is 24.7. The number of likely N-dealkylation sites (tertiary alicyclic amines) is 2. The summed E-state index contributed by atoms with van der Waals surface area (Å²) in [4.78, 5) is 27.3. The standard InChI is InChI=1S/2C12H23NO3/c2*1-9-10(8-14)6-5-7-13(9)11(15)16-12(2,3)4/h2*9-10,14H,5-8H2,1-4H3/t2*9-,10+/m10/s1. The monoisotopic (exact) mass is 458 g/mol. The van der Waals surface area contributed by atoms with E-state index in [-0.39, 0.29) is 49.3 Å². The van der Waals surface area contributed by atoms with Crippen LogP contribution in [0.1, 0.15) is 81.1 Å². The molecule has 8 nitrogen and oxygen atoms in total. The topological polar surface area (TPSA) is 99.5 Å². The Morgan fingerprint density at radius 3 is 1.31 bits per heavy atom. The number of ether oxygens (including phenoxy) is 2. The molecule has 0 aliphatic carbocycles. The van der Waals surface area contributed by atoms with Gasteiger partial charge in [-0.05, 0) is 81.1 Å². The highest BCUT2D eigenvalue weighted by Crippen LogP contribution is 2.26. The van der Waals surface area contributed by atoms with Gasteiger partial charge in [0, 0.05) is 50.2 Å². The molecule has 2 saturated heterocycles. The maximum Gasteiger partial charge on any atom is 0.410 e. The van der Waals surface area contributed by atoms with E-state index in [1.54, 1.807) is 9.80 Å². The van der Waals surface area contributed by atoms with Gasteiger partial charge in [0.05, 0.1) is 0 Å². The number of aliphatic hydroxyl groups is 2. The van der Waals surface area contributed by atoms with E-state index in [4.69, 9.17) is 9.47 Å². The fraction of sp³-hybridized carbons (Fsp3) is 0.917. The fourth-order valence-electron chi connectivity index (χ4n) is 4.09. The minimum absolute atomic E-state index is 0.0635. The number of carbonyl (C=O) groups excluding carboxylic acids is 2. The molecule has 0 unspecified atom stereocenters. The second kappa shape index (κ2) is 12.1. The van der Waals surface area contributed by atoms with Gasteiger partial charge in [-0.3, -0.25) is 0 Å². The van der Waals surface area contributed by atoms with Crippen LogP contribution in [-0.2, 0) is 9.47 Å².